The molecular formula is C13H20ClNO. The van der Waals surface area contributed by atoms with Gasteiger partial charge in [-0.1, -0.05) is 23.7 Å². The number of hydrogen-bond acceptors (Lipinski definition) is 2. The minimum absolute atomic E-state index is 0.0394. The van der Waals surface area contributed by atoms with Gasteiger partial charge in [0.1, 0.15) is 0 Å². The molecular weight excluding hydrogens is 222 g/mol. The van der Waals surface area contributed by atoms with Crippen LogP contribution in [0.2, 0.25) is 5.02 Å². The van der Waals surface area contributed by atoms with Gasteiger partial charge < -0.3 is 10.4 Å². The first-order chi connectivity index (χ1) is 7.44. The van der Waals surface area contributed by atoms with Crippen LogP contribution in [0.4, 0.5) is 0 Å². The van der Waals surface area contributed by atoms with Crippen molar-refractivity contribution >= 4 is 11.6 Å². The van der Waals surface area contributed by atoms with Crippen molar-refractivity contribution in [3.63, 3.8) is 0 Å². The van der Waals surface area contributed by atoms with E-state index in [0.717, 1.165) is 23.6 Å². The summed E-state index contributed by atoms with van der Waals surface area (Å²) in [4.78, 5) is 0. The molecule has 1 aromatic carbocycles. The standard InChI is InChI=1S/C13H20ClNO/c1-10-8-11(4-5-12(10)14)9-15-13(2,3)6-7-16/h4-5,8,15-16H,6-7,9H2,1-3H3. The van der Waals surface area contributed by atoms with Gasteiger partial charge in [-0.05, 0) is 44.4 Å². The Balaban J connectivity index is 2.57. The van der Waals surface area contributed by atoms with Crippen molar-refractivity contribution in [1.29, 1.82) is 0 Å². The van der Waals surface area contributed by atoms with Crippen LogP contribution >= 0.6 is 11.6 Å². The van der Waals surface area contributed by atoms with E-state index in [1.807, 2.05) is 19.1 Å². The molecule has 1 rings (SSSR count). The van der Waals surface area contributed by atoms with Crippen LogP contribution in [-0.2, 0) is 6.54 Å². The minimum Gasteiger partial charge on any atom is -0.396 e. The molecule has 0 aromatic heterocycles. The molecule has 0 fully saturated rings. The number of halogens is 1. The normalized spacial score (nSPS) is 11.8. The van der Waals surface area contributed by atoms with Gasteiger partial charge in [-0.15, -0.1) is 0 Å². The van der Waals surface area contributed by atoms with Crippen LogP contribution in [0.3, 0.4) is 0 Å². The van der Waals surface area contributed by atoms with Crippen LogP contribution < -0.4 is 5.32 Å². The van der Waals surface area contributed by atoms with Gasteiger partial charge in [0.15, 0.2) is 0 Å². The average Bonchev–Trinajstić information content (AvgIpc) is 2.20. The van der Waals surface area contributed by atoms with Gasteiger partial charge in [-0.3, -0.25) is 0 Å². The fourth-order valence-electron chi connectivity index (χ4n) is 1.53. The van der Waals surface area contributed by atoms with Gasteiger partial charge in [0, 0.05) is 23.7 Å². The zero-order chi connectivity index (χ0) is 12.2. The summed E-state index contributed by atoms with van der Waals surface area (Å²) in [6, 6.07) is 6.04. The molecule has 0 saturated heterocycles. The summed E-state index contributed by atoms with van der Waals surface area (Å²) in [5, 5.41) is 13.1. The van der Waals surface area contributed by atoms with E-state index in [1.54, 1.807) is 0 Å². The fraction of sp³-hybridized carbons (Fsp3) is 0.538. The number of nitrogens with one attached hydrogen (secondary N) is 1. The molecule has 0 radical (unpaired) electrons. The lowest BCUT2D eigenvalue weighted by atomic mass is 10.0. The lowest BCUT2D eigenvalue weighted by Crippen LogP contribution is -2.39. The number of aliphatic hydroxyl groups is 1. The monoisotopic (exact) mass is 241 g/mol. The quantitative estimate of drug-likeness (QED) is 0.831. The Hall–Kier alpha value is -0.570. The highest BCUT2D eigenvalue weighted by Crippen LogP contribution is 2.17. The lowest BCUT2D eigenvalue weighted by Gasteiger charge is -2.25. The summed E-state index contributed by atoms with van der Waals surface area (Å²) in [7, 11) is 0. The van der Waals surface area contributed by atoms with Crippen molar-refractivity contribution < 1.29 is 5.11 Å². The molecule has 90 valence electrons. The number of rotatable bonds is 5. The summed E-state index contributed by atoms with van der Waals surface area (Å²) in [6.07, 6.45) is 0.750. The summed E-state index contributed by atoms with van der Waals surface area (Å²) in [6.45, 7) is 7.19. The van der Waals surface area contributed by atoms with Crippen molar-refractivity contribution in [3.8, 4) is 0 Å². The van der Waals surface area contributed by atoms with E-state index < -0.39 is 0 Å². The molecule has 0 unspecified atom stereocenters. The number of benzene rings is 1. The van der Waals surface area contributed by atoms with Gasteiger partial charge in [0.05, 0.1) is 0 Å². The Labute approximate surface area is 103 Å². The number of hydrogen-bond donors (Lipinski definition) is 2. The Morgan fingerprint density at radius 1 is 1.38 bits per heavy atom. The fourth-order valence-corrected chi connectivity index (χ4v) is 1.64. The topological polar surface area (TPSA) is 32.3 Å². The molecule has 3 heteroatoms. The van der Waals surface area contributed by atoms with Crippen molar-refractivity contribution in [1.82, 2.24) is 5.32 Å². The first kappa shape index (κ1) is 13.5. The highest BCUT2D eigenvalue weighted by atomic mass is 35.5. The zero-order valence-electron chi connectivity index (χ0n) is 10.2. The smallest absolute Gasteiger partial charge is 0.0448 e. The predicted octanol–water partition coefficient (Wildman–Crippen LogP) is 2.90. The molecule has 2 N–H and O–H groups in total. The lowest BCUT2D eigenvalue weighted by molar-refractivity contribution is 0.230. The predicted molar refractivity (Wildman–Crippen MR) is 68.8 cm³/mol. The molecule has 0 saturated carbocycles. The van der Waals surface area contributed by atoms with Gasteiger partial charge >= 0.3 is 0 Å². The average molecular weight is 242 g/mol. The summed E-state index contributed by atoms with van der Waals surface area (Å²) in [5.74, 6) is 0. The van der Waals surface area contributed by atoms with Crippen LogP contribution in [0.25, 0.3) is 0 Å². The molecule has 0 atom stereocenters. The maximum absolute atomic E-state index is 8.92. The summed E-state index contributed by atoms with van der Waals surface area (Å²) in [5.41, 5.74) is 2.27. The van der Waals surface area contributed by atoms with E-state index >= 15 is 0 Å². The largest absolute Gasteiger partial charge is 0.396 e. The molecule has 0 bridgehead atoms. The molecule has 0 amide bonds. The highest BCUT2D eigenvalue weighted by molar-refractivity contribution is 6.31. The maximum Gasteiger partial charge on any atom is 0.0448 e. The maximum atomic E-state index is 8.92. The van der Waals surface area contributed by atoms with Crippen LogP contribution in [0.1, 0.15) is 31.4 Å². The third kappa shape index (κ3) is 4.12. The Bertz CT molecular complexity index is 350. The highest BCUT2D eigenvalue weighted by Gasteiger charge is 2.15. The van der Waals surface area contributed by atoms with E-state index in [1.165, 1.54) is 5.56 Å². The van der Waals surface area contributed by atoms with Crippen LogP contribution in [0.5, 0.6) is 0 Å². The van der Waals surface area contributed by atoms with E-state index in [2.05, 4.69) is 25.2 Å². The first-order valence-corrected chi connectivity index (χ1v) is 5.93. The minimum atomic E-state index is -0.0394. The number of aryl methyl sites for hydroxylation is 1. The van der Waals surface area contributed by atoms with Crippen LogP contribution in [0.15, 0.2) is 18.2 Å². The Morgan fingerprint density at radius 3 is 2.62 bits per heavy atom. The molecule has 0 aliphatic rings. The molecule has 0 heterocycles. The van der Waals surface area contributed by atoms with Gasteiger partial charge in [0.2, 0.25) is 0 Å². The van der Waals surface area contributed by atoms with Crippen molar-refractivity contribution in [2.24, 2.45) is 0 Å². The zero-order valence-corrected chi connectivity index (χ0v) is 10.9. The van der Waals surface area contributed by atoms with Crippen molar-refractivity contribution in [2.45, 2.75) is 39.3 Å². The van der Waals surface area contributed by atoms with Crippen LogP contribution in [0, 0.1) is 6.92 Å². The van der Waals surface area contributed by atoms with Crippen LogP contribution in [-0.4, -0.2) is 17.3 Å². The third-order valence-electron chi connectivity index (χ3n) is 2.73. The number of aliphatic hydroxyl groups excluding tert-OH is 1. The SMILES string of the molecule is Cc1cc(CNC(C)(C)CCO)ccc1Cl. The van der Waals surface area contributed by atoms with E-state index in [0.29, 0.717) is 0 Å². The summed E-state index contributed by atoms with van der Waals surface area (Å²) < 4.78 is 0. The van der Waals surface area contributed by atoms with E-state index in [4.69, 9.17) is 16.7 Å². The van der Waals surface area contributed by atoms with E-state index in [-0.39, 0.29) is 12.1 Å². The van der Waals surface area contributed by atoms with Gasteiger partial charge in [-0.25, -0.2) is 0 Å². The van der Waals surface area contributed by atoms with Gasteiger partial charge in [-0.2, -0.15) is 0 Å². The van der Waals surface area contributed by atoms with E-state index in [9.17, 15) is 0 Å². The molecule has 2 nitrogen and oxygen atoms in total. The Morgan fingerprint density at radius 2 is 2.06 bits per heavy atom. The summed E-state index contributed by atoms with van der Waals surface area (Å²) >= 11 is 5.97. The molecule has 0 spiro atoms. The molecule has 16 heavy (non-hydrogen) atoms. The first-order valence-electron chi connectivity index (χ1n) is 5.55. The molecule has 1 aromatic rings. The second-order valence-corrected chi connectivity index (χ2v) is 5.20. The van der Waals surface area contributed by atoms with Crippen molar-refractivity contribution in [2.75, 3.05) is 6.61 Å². The Kier molecular flexibility index (Phi) is 4.78. The second-order valence-electron chi connectivity index (χ2n) is 4.79. The molecule has 0 aliphatic heterocycles. The van der Waals surface area contributed by atoms with Crippen molar-refractivity contribution in [3.05, 3.63) is 34.3 Å². The molecule has 0 aliphatic carbocycles. The second kappa shape index (κ2) is 5.67. The van der Waals surface area contributed by atoms with Gasteiger partial charge in [0.25, 0.3) is 0 Å². The third-order valence-corrected chi connectivity index (χ3v) is 3.15.